The van der Waals surface area contributed by atoms with Crippen LogP contribution in [-0.4, -0.2) is 36.0 Å². The van der Waals surface area contributed by atoms with Gasteiger partial charge in [-0.15, -0.1) is 0 Å². The van der Waals surface area contributed by atoms with Gasteiger partial charge < -0.3 is 0 Å². The minimum atomic E-state index is -0.572. The highest BCUT2D eigenvalue weighted by Crippen LogP contribution is 2.32. The van der Waals surface area contributed by atoms with Gasteiger partial charge >= 0.3 is 0 Å². The number of likely N-dealkylation sites (N-methyl/N-ethyl adjacent to an activating group) is 1. The number of benzene rings is 1. The monoisotopic (exact) mass is 274 g/mol. The van der Waals surface area contributed by atoms with Crippen molar-refractivity contribution in [2.75, 3.05) is 20.1 Å². The lowest BCUT2D eigenvalue weighted by Gasteiger charge is -2.13. The van der Waals surface area contributed by atoms with Crippen LogP contribution in [0.15, 0.2) is 18.2 Å². The molecular weight excluding hydrogens is 263 g/mol. The lowest BCUT2D eigenvalue weighted by Crippen LogP contribution is -2.27. The maximum Gasteiger partial charge on any atom is 0.233 e. The third-order valence-corrected chi connectivity index (χ3v) is 3.85. The fraction of sp³-hybridized carbons (Fsp3) is 0.455. The van der Waals surface area contributed by atoms with Gasteiger partial charge in [0.05, 0.1) is 22.5 Å². The van der Waals surface area contributed by atoms with E-state index in [-0.39, 0.29) is 10.8 Å². The number of rotatable bonds is 2. The van der Waals surface area contributed by atoms with Gasteiger partial charge in [0.25, 0.3) is 0 Å². The third-order valence-electron chi connectivity index (χ3n) is 3.11. The topological polar surface area (TPSA) is 46.4 Å². The van der Waals surface area contributed by atoms with E-state index in [9.17, 15) is 10.1 Å². The van der Waals surface area contributed by atoms with Crippen molar-refractivity contribution in [2.45, 2.75) is 12.0 Å². The van der Waals surface area contributed by atoms with E-state index in [1.807, 2.05) is 18.0 Å². The van der Waals surface area contributed by atoms with Crippen LogP contribution in [0.3, 0.4) is 0 Å². The normalized spacial score (nSPS) is 25.1. The molecule has 0 radical (unpaired) electrons. The van der Waals surface area contributed by atoms with Crippen LogP contribution in [0.1, 0.15) is 11.5 Å². The largest absolute Gasteiger partial charge is 0.299 e. The fourth-order valence-electron chi connectivity index (χ4n) is 2.26. The Labute approximate surface area is 109 Å². The molecule has 1 aromatic rings. The van der Waals surface area contributed by atoms with E-state index < -0.39 is 6.04 Å². The Bertz CT molecular complexity index is 453. The summed E-state index contributed by atoms with van der Waals surface area (Å²) in [6.07, 6.45) is 0. The number of nitrogens with zero attached hydrogens (tertiary/aromatic N) is 2. The maximum absolute atomic E-state index is 11.0. The lowest BCUT2D eigenvalue weighted by molar-refractivity contribution is -0.521. The van der Waals surface area contributed by atoms with E-state index >= 15 is 0 Å². The molecule has 4 nitrogen and oxygen atoms in total. The molecule has 17 heavy (non-hydrogen) atoms. The van der Waals surface area contributed by atoms with Crippen LogP contribution in [-0.2, 0) is 0 Å². The first-order valence-electron chi connectivity index (χ1n) is 5.26. The summed E-state index contributed by atoms with van der Waals surface area (Å²) in [5.41, 5.74) is 0.880. The smallest absolute Gasteiger partial charge is 0.233 e. The summed E-state index contributed by atoms with van der Waals surface area (Å²) in [6, 6.07) is 4.66. The maximum atomic E-state index is 11.0. The minimum absolute atomic E-state index is 0.121. The van der Waals surface area contributed by atoms with Crippen molar-refractivity contribution in [3.05, 3.63) is 43.9 Å². The van der Waals surface area contributed by atoms with Crippen LogP contribution in [0.5, 0.6) is 0 Å². The summed E-state index contributed by atoms with van der Waals surface area (Å²) in [6.45, 7) is 1.14. The van der Waals surface area contributed by atoms with Gasteiger partial charge in [0.1, 0.15) is 0 Å². The van der Waals surface area contributed by atoms with Crippen molar-refractivity contribution in [3.63, 3.8) is 0 Å². The highest BCUT2D eigenvalue weighted by atomic mass is 35.5. The van der Waals surface area contributed by atoms with Gasteiger partial charge in [-0.25, -0.2) is 0 Å². The second-order valence-corrected chi connectivity index (χ2v) is 5.17. The molecule has 2 atom stereocenters. The molecule has 0 saturated carbocycles. The first kappa shape index (κ1) is 12.6. The summed E-state index contributed by atoms with van der Waals surface area (Å²) in [4.78, 5) is 12.7. The number of nitro groups is 1. The van der Waals surface area contributed by atoms with E-state index in [0.29, 0.717) is 23.1 Å². The summed E-state index contributed by atoms with van der Waals surface area (Å²) in [7, 11) is 1.88. The van der Waals surface area contributed by atoms with Crippen molar-refractivity contribution < 1.29 is 4.92 Å². The zero-order chi connectivity index (χ0) is 12.6. The average molecular weight is 275 g/mol. The molecule has 1 aromatic carbocycles. The molecule has 0 spiro atoms. The van der Waals surface area contributed by atoms with E-state index in [4.69, 9.17) is 23.2 Å². The Morgan fingerprint density at radius 3 is 2.65 bits per heavy atom. The molecule has 1 saturated heterocycles. The Morgan fingerprint density at radius 2 is 2.06 bits per heavy atom. The van der Waals surface area contributed by atoms with Crippen LogP contribution >= 0.6 is 23.2 Å². The Hall–Kier alpha value is -0.840. The number of hydrogen-bond donors (Lipinski definition) is 0. The Balaban J connectivity index is 2.31. The van der Waals surface area contributed by atoms with Crippen molar-refractivity contribution >= 4 is 23.2 Å². The second kappa shape index (κ2) is 4.80. The van der Waals surface area contributed by atoms with Crippen LogP contribution in [0.2, 0.25) is 10.0 Å². The molecule has 92 valence electrons. The van der Waals surface area contributed by atoms with E-state index in [0.717, 1.165) is 5.56 Å². The average Bonchev–Trinajstić information content (AvgIpc) is 2.64. The van der Waals surface area contributed by atoms with Crippen molar-refractivity contribution in [3.8, 4) is 0 Å². The molecule has 6 heteroatoms. The zero-order valence-corrected chi connectivity index (χ0v) is 10.8. The van der Waals surface area contributed by atoms with Gasteiger partial charge in [-0.2, -0.15) is 0 Å². The molecule has 0 bridgehead atoms. The van der Waals surface area contributed by atoms with Crippen molar-refractivity contribution in [1.82, 2.24) is 4.90 Å². The minimum Gasteiger partial charge on any atom is -0.299 e. The van der Waals surface area contributed by atoms with Gasteiger partial charge in [0.15, 0.2) is 0 Å². The molecular formula is C11H12Cl2N2O2. The molecule has 1 heterocycles. The zero-order valence-electron chi connectivity index (χ0n) is 9.27. The van der Waals surface area contributed by atoms with Crippen LogP contribution < -0.4 is 0 Å². The van der Waals surface area contributed by atoms with Crippen molar-refractivity contribution in [2.24, 2.45) is 0 Å². The van der Waals surface area contributed by atoms with Gasteiger partial charge in [0, 0.05) is 11.5 Å². The molecule has 2 unspecified atom stereocenters. The highest BCUT2D eigenvalue weighted by molar-refractivity contribution is 6.42. The molecule has 0 aromatic heterocycles. The Kier molecular flexibility index (Phi) is 3.56. The van der Waals surface area contributed by atoms with Gasteiger partial charge in [0.2, 0.25) is 6.04 Å². The number of halogens is 2. The SMILES string of the molecule is CN1CC(c2ccc(Cl)c(Cl)c2)C([N+](=O)[O-])C1. The molecule has 1 fully saturated rings. The fourth-order valence-corrected chi connectivity index (χ4v) is 2.57. The van der Waals surface area contributed by atoms with Crippen LogP contribution in [0.4, 0.5) is 0 Å². The summed E-state index contributed by atoms with van der Waals surface area (Å²) >= 11 is 11.8. The molecule has 0 N–H and O–H groups in total. The number of likely N-dealkylation sites (tertiary alicyclic amines) is 1. The van der Waals surface area contributed by atoms with Crippen LogP contribution in [0.25, 0.3) is 0 Å². The van der Waals surface area contributed by atoms with Gasteiger partial charge in [-0.05, 0) is 24.7 Å². The molecule has 1 aliphatic rings. The standard InChI is InChI=1S/C11H12Cl2N2O2/c1-14-5-8(11(6-14)15(16)17)7-2-3-9(12)10(13)4-7/h2-4,8,11H,5-6H2,1H3. The predicted octanol–water partition coefficient (Wildman–Crippen LogP) is 2.67. The van der Waals surface area contributed by atoms with Gasteiger partial charge in [-0.1, -0.05) is 29.3 Å². The van der Waals surface area contributed by atoms with Crippen molar-refractivity contribution in [1.29, 1.82) is 0 Å². The molecule has 0 amide bonds. The van der Waals surface area contributed by atoms with E-state index in [1.54, 1.807) is 12.1 Å². The quantitative estimate of drug-likeness (QED) is 0.615. The van der Waals surface area contributed by atoms with E-state index in [1.165, 1.54) is 0 Å². The Morgan fingerprint density at radius 1 is 1.35 bits per heavy atom. The lowest BCUT2D eigenvalue weighted by atomic mass is 9.95. The summed E-state index contributed by atoms with van der Waals surface area (Å²) in [5, 5.41) is 11.9. The van der Waals surface area contributed by atoms with E-state index in [2.05, 4.69) is 0 Å². The second-order valence-electron chi connectivity index (χ2n) is 4.35. The summed E-state index contributed by atoms with van der Waals surface area (Å²) < 4.78 is 0. The molecule has 0 aliphatic carbocycles. The first-order valence-corrected chi connectivity index (χ1v) is 6.01. The first-order chi connectivity index (χ1) is 7.99. The number of hydrogen-bond acceptors (Lipinski definition) is 3. The van der Waals surface area contributed by atoms with Gasteiger partial charge in [-0.3, -0.25) is 15.0 Å². The predicted molar refractivity (Wildman–Crippen MR) is 67.5 cm³/mol. The van der Waals surface area contributed by atoms with Crippen LogP contribution in [0, 0.1) is 10.1 Å². The highest BCUT2D eigenvalue weighted by Gasteiger charge is 2.40. The summed E-state index contributed by atoms with van der Waals surface area (Å²) in [5.74, 6) is -0.121. The molecule has 1 aliphatic heterocycles. The third kappa shape index (κ3) is 2.54. The molecule has 2 rings (SSSR count).